The highest BCUT2D eigenvalue weighted by molar-refractivity contribution is 6.73. The van der Waals surface area contributed by atoms with Gasteiger partial charge >= 0.3 is 12.2 Å². The summed E-state index contributed by atoms with van der Waals surface area (Å²) in [6.45, 7) is 15.7. The number of hydrogen-bond donors (Lipinski definition) is 0. The second kappa shape index (κ2) is 17.0. The number of benzene rings is 2. The molecule has 2 heterocycles. The summed E-state index contributed by atoms with van der Waals surface area (Å²) in [5, 5.41) is 4.22. The van der Waals surface area contributed by atoms with Crippen LogP contribution in [-0.4, -0.2) is 65.9 Å². The van der Waals surface area contributed by atoms with Crippen molar-refractivity contribution in [2.75, 3.05) is 18.6 Å². The molecular formula is C40H51F5N4O7Si. The Bertz CT molecular complexity index is 2030. The van der Waals surface area contributed by atoms with Crippen molar-refractivity contribution in [3.8, 4) is 22.6 Å². The molecule has 0 saturated heterocycles. The maximum Gasteiger partial charge on any atom is 0.427 e. The summed E-state index contributed by atoms with van der Waals surface area (Å²) in [5.41, 5.74) is -4.37. The van der Waals surface area contributed by atoms with Crippen LogP contribution in [0.5, 0.6) is 11.5 Å². The molecule has 57 heavy (non-hydrogen) atoms. The Hall–Kier alpha value is -4.77. The van der Waals surface area contributed by atoms with Crippen molar-refractivity contribution >= 4 is 32.1 Å². The first-order chi connectivity index (χ1) is 26.4. The molecular weight excluding hydrogens is 772 g/mol. The number of aromatic nitrogens is 3. The predicted molar refractivity (Wildman–Crippen MR) is 207 cm³/mol. The fourth-order valence-electron chi connectivity index (χ4n) is 6.15. The number of pyridine rings is 1. The topological polar surface area (TPSA) is 114 Å². The van der Waals surface area contributed by atoms with Gasteiger partial charge in [-0.15, -0.1) is 10.00 Å². The van der Waals surface area contributed by atoms with Crippen LogP contribution in [0.15, 0.2) is 48.7 Å². The smallest absolute Gasteiger partial charge is 0.427 e. The molecule has 2 aromatic heterocycles. The van der Waals surface area contributed by atoms with Crippen molar-refractivity contribution in [3.63, 3.8) is 0 Å². The van der Waals surface area contributed by atoms with Gasteiger partial charge in [0, 0.05) is 18.7 Å². The number of imide groups is 1. The molecule has 0 N–H and O–H groups in total. The van der Waals surface area contributed by atoms with E-state index >= 15 is 17.6 Å². The van der Waals surface area contributed by atoms with E-state index in [1.807, 2.05) is 20.8 Å². The highest BCUT2D eigenvalue weighted by atomic mass is 28.4. The number of carbonyl (C=O) groups is 2. The lowest BCUT2D eigenvalue weighted by atomic mass is 9.87. The van der Waals surface area contributed by atoms with Crippen LogP contribution in [0.1, 0.15) is 81.2 Å². The molecule has 0 aliphatic rings. The Kier molecular flexibility index (Phi) is 13.4. The third-order valence-corrected chi connectivity index (χ3v) is 14.1. The van der Waals surface area contributed by atoms with Crippen LogP contribution in [0.3, 0.4) is 0 Å². The van der Waals surface area contributed by atoms with E-state index in [9.17, 15) is 14.0 Å². The number of alkyl halides is 2. The summed E-state index contributed by atoms with van der Waals surface area (Å²) in [7, 11) is -1.51. The van der Waals surface area contributed by atoms with E-state index in [0.717, 1.165) is 18.2 Å². The SMILES string of the molecule is CC[Si](CC)(CC)OC(C)(c1ccc(F)cc1)C(F)(F)CCOc1c(F)cc(OC)c(-c2ccn3nc(N(C(=O)OC(C)(C)C)C(=O)OC(C)(C)C)nc3c2)c1F. The fraction of sp³-hybridized carbons (Fsp3) is 0.500. The van der Waals surface area contributed by atoms with Crippen LogP contribution < -0.4 is 14.4 Å². The zero-order valence-electron chi connectivity index (χ0n) is 34.2. The van der Waals surface area contributed by atoms with E-state index in [-0.39, 0.29) is 28.1 Å². The number of rotatable bonds is 14. The predicted octanol–water partition coefficient (Wildman–Crippen LogP) is 10.8. The van der Waals surface area contributed by atoms with Crippen LogP contribution in [0.4, 0.5) is 37.5 Å². The normalized spacial score (nSPS) is 13.6. The lowest BCUT2D eigenvalue weighted by molar-refractivity contribution is -0.175. The monoisotopic (exact) mass is 822 g/mol. The average Bonchev–Trinajstić information content (AvgIpc) is 3.53. The molecule has 2 amide bonds. The van der Waals surface area contributed by atoms with Gasteiger partial charge in [0.25, 0.3) is 11.9 Å². The minimum atomic E-state index is -3.65. The number of halogens is 5. The Labute approximate surface area is 330 Å². The lowest BCUT2D eigenvalue weighted by Crippen LogP contribution is -2.53. The highest BCUT2D eigenvalue weighted by Gasteiger charge is 2.55. The van der Waals surface area contributed by atoms with Gasteiger partial charge < -0.3 is 23.4 Å². The van der Waals surface area contributed by atoms with Crippen molar-refractivity contribution in [3.05, 3.63) is 71.7 Å². The Morgan fingerprint density at radius 3 is 1.91 bits per heavy atom. The first kappa shape index (κ1) is 44.9. The van der Waals surface area contributed by atoms with E-state index in [1.54, 1.807) is 41.5 Å². The highest BCUT2D eigenvalue weighted by Crippen LogP contribution is 2.47. The molecule has 0 aliphatic heterocycles. The van der Waals surface area contributed by atoms with Gasteiger partial charge in [-0.05, 0) is 102 Å². The molecule has 0 spiro atoms. The molecule has 4 rings (SSSR count). The third-order valence-electron chi connectivity index (χ3n) is 9.44. The number of amides is 2. The minimum absolute atomic E-state index is 0.0125. The van der Waals surface area contributed by atoms with Gasteiger partial charge in [-0.1, -0.05) is 32.9 Å². The van der Waals surface area contributed by atoms with E-state index in [0.29, 0.717) is 23.0 Å². The zero-order chi connectivity index (χ0) is 42.7. The molecule has 11 nitrogen and oxygen atoms in total. The van der Waals surface area contributed by atoms with Gasteiger partial charge in [0.15, 0.2) is 31.3 Å². The van der Waals surface area contributed by atoms with E-state index < -0.39 is 85.4 Å². The first-order valence-corrected chi connectivity index (χ1v) is 21.1. The molecule has 1 unspecified atom stereocenters. The van der Waals surface area contributed by atoms with Crippen molar-refractivity contribution < 1.29 is 54.9 Å². The van der Waals surface area contributed by atoms with Gasteiger partial charge in [-0.3, -0.25) is 0 Å². The van der Waals surface area contributed by atoms with Crippen LogP contribution in [0, 0.1) is 17.5 Å². The van der Waals surface area contributed by atoms with Crippen molar-refractivity contribution in [2.45, 2.75) is 117 Å². The van der Waals surface area contributed by atoms with Gasteiger partial charge in [0.1, 0.15) is 28.4 Å². The third kappa shape index (κ3) is 10.0. The van der Waals surface area contributed by atoms with Crippen molar-refractivity contribution in [1.82, 2.24) is 14.6 Å². The number of carbonyl (C=O) groups excluding carboxylic acids is 2. The van der Waals surface area contributed by atoms with E-state index in [2.05, 4.69) is 10.1 Å². The molecule has 4 aromatic rings. The van der Waals surface area contributed by atoms with Gasteiger partial charge in [-0.25, -0.2) is 36.1 Å². The summed E-state index contributed by atoms with van der Waals surface area (Å²) < 4.78 is 108. The number of ether oxygens (including phenoxy) is 4. The number of hydrogen-bond acceptors (Lipinski definition) is 9. The second-order valence-electron chi connectivity index (χ2n) is 15.7. The van der Waals surface area contributed by atoms with Gasteiger partial charge in [0.05, 0.1) is 19.3 Å². The molecule has 0 radical (unpaired) electrons. The van der Waals surface area contributed by atoms with Crippen molar-refractivity contribution in [2.24, 2.45) is 0 Å². The van der Waals surface area contributed by atoms with Crippen LogP contribution in [-0.2, 0) is 19.5 Å². The maximum absolute atomic E-state index is 16.5. The number of fused-ring (bicyclic) bond motifs is 1. The molecule has 0 fully saturated rings. The quantitative estimate of drug-likeness (QED) is 0.0906. The Morgan fingerprint density at radius 1 is 0.842 bits per heavy atom. The second-order valence-corrected chi connectivity index (χ2v) is 20.4. The van der Waals surface area contributed by atoms with Crippen LogP contribution in [0.25, 0.3) is 16.8 Å². The summed E-state index contributed by atoms with van der Waals surface area (Å²) in [5.74, 6) is -8.32. The molecule has 2 aromatic carbocycles. The lowest BCUT2D eigenvalue weighted by Gasteiger charge is -2.45. The van der Waals surface area contributed by atoms with Crippen LogP contribution >= 0.6 is 0 Å². The van der Waals surface area contributed by atoms with E-state index in [1.165, 1.54) is 49.0 Å². The number of methoxy groups -OCH3 is 1. The summed E-state index contributed by atoms with van der Waals surface area (Å²) in [4.78, 5) is 31.2. The minimum Gasteiger partial charge on any atom is -0.496 e. The molecule has 0 saturated carbocycles. The zero-order valence-corrected chi connectivity index (χ0v) is 35.2. The largest absolute Gasteiger partial charge is 0.496 e. The van der Waals surface area contributed by atoms with Gasteiger partial charge in [-0.2, -0.15) is 4.98 Å². The van der Waals surface area contributed by atoms with Gasteiger partial charge in [0.2, 0.25) is 0 Å². The van der Waals surface area contributed by atoms with E-state index in [4.69, 9.17) is 23.4 Å². The fourth-order valence-corrected chi connectivity index (χ4v) is 9.21. The molecule has 1 atom stereocenters. The Morgan fingerprint density at radius 2 is 1.40 bits per heavy atom. The molecule has 0 bridgehead atoms. The summed E-state index contributed by atoms with van der Waals surface area (Å²) in [6.07, 6.45) is -1.89. The average molecular weight is 823 g/mol. The Balaban J connectivity index is 1.70. The first-order valence-electron chi connectivity index (χ1n) is 18.6. The molecule has 312 valence electrons. The van der Waals surface area contributed by atoms with Crippen molar-refractivity contribution in [1.29, 1.82) is 0 Å². The standard InChI is InChI=1S/C40H51F5N4O7Si/c1-12-57(13-2,14-3)56-39(10,26-15-17-27(41)18-16-26)40(44,45)20-22-53-33-28(42)24-29(52-11)31(32(33)43)25-19-21-48-30(23-25)46-34(47-48)49(35(50)54-37(4,5)6)36(51)55-38(7,8)9/h15-19,21,23-24H,12-14,20,22H2,1-11H3. The number of anilines is 1. The summed E-state index contributed by atoms with van der Waals surface area (Å²) in [6, 6.07) is 9.89. The number of nitrogens with zero attached hydrogens (tertiary/aromatic N) is 4. The van der Waals surface area contributed by atoms with Crippen LogP contribution in [0.2, 0.25) is 18.1 Å². The summed E-state index contributed by atoms with van der Waals surface area (Å²) >= 11 is 0. The molecule has 17 heteroatoms. The maximum atomic E-state index is 16.5. The molecule has 0 aliphatic carbocycles.